The van der Waals surface area contributed by atoms with Gasteiger partial charge < -0.3 is 14.8 Å². The molecule has 5 heteroatoms. The van der Waals surface area contributed by atoms with Gasteiger partial charge in [-0.3, -0.25) is 4.79 Å². The van der Waals surface area contributed by atoms with E-state index in [-0.39, 0.29) is 0 Å². The summed E-state index contributed by atoms with van der Waals surface area (Å²) < 4.78 is 1.91. The van der Waals surface area contributed by atoms with Crippen molar-refractivity contribution in [3.05, 3.63) is 65.3 Å². The fraction of sp³-hybridized carbons (Fsp3) is 0.375. The van der Waals surface area contributed by atoms with Crippen molar-refractivity contribution < 1.29 is 4.79 Å². The van der Waals surface area contributed by atoms with Gasteiger partial charge in [0.1, 0.15) is 0 Å². The van der Waals surface area contributed by atoms with Crippen LogP contribution in [0.5, 0.6) is 0 Å². The van der Waals surface area contributed by atoms with Gasteiger partial charge in [0.15, 0.2) is 6.29 Å². The zero-order valence-electron chi connectivity index (χ0n) is 17.4. The molecule has 0 aliphatic carbocycles. The Balaban J connectivity index is 0.000000188. The minimum absolute atomic E-state index is 0.624. The van der Waals surface area contributed by atoms with Gasteiger partial charge in [-0.25, -0.2) is 0 Å². The van der Waals surface area contributed by atoms with Crippen LogP contribution in [0.2, 0.25) is 5.02 Å². The first-order chi connectivity index (χ1) is 14.0. The highest BCUT2D eigenvalue weighted by molar-refractivity contribution is 6.30. The van der Waals surface area contributed by atoms with Crippen LogP contribution < -0.4 is 5.32 Å². The predicted octanol–water partition coefficient (Wildman–Crippen LogP) is 5.18. The lowest BCUT2D eigenvalue weighted by Crippen LogP contribution is -2.43. The molecule has 1 aliphatic rings. The van der Waals surface area contributed by atoms with Crippen LogP contribution in [-0.4, -0.2) is 48.0 Å². The highest BCUT2D eigenvalue weighted by atomic mass is 35.5. The van der Waals surface area contributed by atoms with E-state index in [1.807, 2.05) is 59.2 Å². The molecule has 0 amide bonds. The predicted molar refractivity (Wildman–Crippen MR) is 122 cm³/mol. The molecule has 1 N–H and O–H groups in total. The Bertz CT molecular complexity index is 942. The first kappa shape index (κ1) is 21.6. The van der Waals surface area contributed by atoms with E-state index in [1.54, 1.807) is 0 Å². The number of halogens is 1. The Morgan fingerprint density at radius 1 is 1.07 bits per heavy atom. The van der Waals surface area contributed by atoms with Crippen molar-refractivity contribution in [2.45, 2.75) is 38.8 Å². The van der Waals surface area contributed by atoms with E-state index in [1.165, 1.54) is 25.9 Å². The minimum atomic E-state index is 0.624. The number of carbonyl (C=O) groups is 1. The van der Waals surface area contributed by atoms with Crippen molar-refractivity contribution in [1.29, 1.82) is 0 Å². The summed E-state index contributed by atoms with van der Waals surface area (Å²) in [4.78, 5) is 13.6. The number of aromatic nitrogens is 1. The standard InChI is InChI=1S/C15H10ClNO.C9H20N2/c16-12-5-3-6-13(9-12)17-14(10-18)8-11-4-1-2-7-15(11)17;1-8(2)10-9-4-6-11(3)7-5-9/h1-10H;8-10H,4-7H2,1-3H3. The number of fused-ring (bicyclic) bond motifs is 1. The molecule has 1 aliphatic heterocycles. The highest BCUT2D eigenvalue weighted by Crippen LogP contribution is 2.25. The van der Waals surface area contributed by atoms with Crippen molar-refractivity contribution >= 4 is 28.8 Å². The maximum atomic E-state index is 11.2. The van der Waals surface area contributed by atoms with Crippen LogP contribution in [0.1, 0.15) is 37.2 Å². The molecule has 0 atom stereocenters. The minimum Gasteiger partial charge on any atom is -0.312 e. The van der Waals surface area contributed by atoms with E-state index in [4.69, 9.17) is 11.6 Å². The molecule has 0 bridgehead atoms. The summed E-state index contributed by atoms with van der Waals surface area (Å²) in [5.41, 5.74) is 2.52. The quantitative estimate of drug-likeness (QED) is 0.601. The van der Waals surface area contributed by atoms with E-state index in [0.717, 1.165) is 28.9 Å². The molecule has 1 saturated heterocycles. The van der Waals surface area contributed by atoms with Gasteiger partial charge in [-0.1, -0.05) is 49.7 Å². The molecule has 2 heterocycles. The fourth-order valence-corrected chi connectivity index (χ4v) is 4.00. The molecule has 29 heavy (non-hydrogen) atoms. The number of hydrogen-bond acceptors (Lipinski definition) is 3. The molecule has 1 aromatic heterocycles. The monoisotopic (exact) mass is 411 g/mol. The second-order valence-corrected chi connectivity index (χ2v) is 8.40. The lowest BCUT2D eigenvalue weighted by Gasteiger charge is -2.30. The third-order valence-corrected chi connectivity index (χ3v) is 5.45. The van der Waals surface area contributed by atoms with Crippen LogP contribution in [0.3, 0.4) is 0 Å². The molecule has 2 aromatic carbocycles. The van der Waals surface area contributed by atoms with Crippen LogP contribution in [0.15, 0.2) is 54.6 Å². The maximum Gasteiger partial charge on any atom is 0.166 e. The fourth-order valence-electron chi connectivity index (χ4n) is 3.81. The number of benzene rings is 2. The largest absolute Gasteiger partial charge is 0.312 e. The lowest BCUT2D eigenvalue weighted by atomic mass is 10.1. The van der Waals surface area contributed by atoms with Gasteiger partial charge in [-0.05, 0) is 63.3 Å². The Kier molecular flexibility index (Phi) is 7.48. The van der Waals surface area contributed by atoms with Gasteiger partial charge in [-0.15, -0.1) is 0 Å². The Morgan fingerprint density at radius 3 is 2.45 bits per heavy atom. The Morgan fingerprint density at radius 2 is 1.79 bits per heavy atom. The van der Waals surface area contributed by atoms with Crippen molar-refractivity contribution in [2.75, 3.05) is 20.1 Å². The molecule has 4 rings (SSSR count). The molecule has 0 saturated carbocycles. The topological polar surface area (TPSA) is 37.3 Å². The summed E-state index contributed by atoms with van der Waals surface area (Å²) in [6.45, 7) is 6.95. The van der Waals surface area contributed by atoms with Gasteiger partial charge >= 0.3 is 0 Å². The number of carbonyl (C=O) groups excluding carboxylic acids is 1. The van der Waals surface area contributed by atoms with Crippen LogP contribution in [0.4, 0.5) is 0 Å². The zero-order valence-corrected chi connectivity index (χ0v) is 18.2. The molecule has 0 radical (unpaired) electrons. The summed E-state index contributed by atoms with van der Waals surface area (Å²) >= 11 is 6.01. The first-order valence-corrected chi connectivity index (χ1v) is 10.6. The number of hydrogen-bond donors (Lipinski definition) is 1. The summed E-state index contributed by atoms with van der Waals surface area (Å²) in [5.74, 6) is 0. The van der Waals surface area contributed by atoms with Crippen LogP contribution in [-0.2, 0) is 0 Å². The summed E-state index contributed by atoms with van der Waals surface area (Å²) in [6.07, 6.45) is 3.49. The van der Waals surface area contributed by atoms with Crippen LogP contribution in [0, 0.1) is 0 Å². The van der Waals surface area contributed by atoms with Crippen molar-refractivity contribution in [1.82, 2.24) is 14.8 Å². The average Bonchev–Trinajstić information content (AvgIpc) is 3.08. The van der Waals surface area contributed by atoms with Crippen LogP contribution >= 0.6 is 11.6 Å². The number of nitrogens with one attached hydrogen (secondary N) is 1. The van der Waals surface area contributed by atoms with Crippen LogP contribution in [0.25, 0.3) is 16.6 Å². The van der Waals surface area contributed by atoms with E-state index in [9.17, 15) is 4.79 Å². The third-order valence-electron chi connectivity index (χ3n) is 5.21. The lowest BCUT2D eigenvalue weighted by molar-refractivity contribution is 0.111. The normalized spacial score (nSPS) is 15.3. The van der Waals surface area contributed by atoms with Gasteiger partial charge in [0.05, 0.1) is 11.2 Å². The van der Waals surface area contributed by atoms with Gasteiger partial charge in [-0.2, -0.15) is 0 Å². The van der Waals surface area contributed by atoms with E-state index < -0.39 is 0 Å². The molecular weight excluding hydrogens is 382 g/mol. The van der Waals surface area contributed by atoms with E-state index in [2.05, 4.69) is 31.1 Å². The molecule has 4 nitrogen and oxygen atoms in total. The number of likely N-dealkylation sites (tertiary alicyclic amines) is 1. The van der Waals surface area contributed by atoms with Gasteiger partial charge in [0.2, 0.25) is 0 Å². The third kappa shape index (κ3) is 5.69. The van der Waals surface area contributed by atoms with Gasteiger partial charge in [0.25, 0.3) is 0 Å². The second-order valence-electron chi connectivity index (χ2n) is 7.96. The van der Waals surface area contributed by atoms with Crippen molar-refractivity contribution in [3.8, 4) is 5.69 Å². The van der Waals surface area contributed by atoms with E-state index >= 15 is 0 Å². The molecule has 0 unspecified atom stereocenters. The molecular formula is C24H30ClN3O. The SMILES string of the molecule is CC(C)NC1CCN(C)CC1.O=Cc1cc2ccccc2n1-c1cccc(Cl)c1. The number of nitrogens with zero attached hydrogens (tertiary/aromatic N) is 2. The number of piperidine rings is 1. The van der Waals surface area contributed by atoms with E-state index in [0.29, 0.717) is 16.8 Å². The van der Waals surface area contributed by atoms with Crippen molar-refractivity contribution in [3.63, 3.8) is 0 Å². The number of para-hydroxylation sites is 1. The molecule has 154 valence electrons. The first-order valence-electron chi connectivity index (χ1n) is 10.2. The Labute approximate surface area is 178 Å². The number of rotatable bonds is 4. The Hall–Kier alpha value is -2.14. The number of aldehydes is 1. The summed E-state index contributed by atoms with van der Waals surface area (Å²) in [6, 6.07) is 18.7. The smallest absolute Gasteiger partial charge is 0.166 e. The molecule has 3 aromatic rings. The maximum absolute atomic E-state index is 11.2. The van der Waals surface area contributed by atoms with Crippen molar-refractivity contribution in [2.24, 2.45) is 0 Å². The average molecular weight is 412 g/mol. The zero-order chi connectivity index (χ0) is 20.8. The van der Waals surface area contributed by atoms with Gasteiger partial charge in [0, 0.05) is 28.2 Å². The second kappa shape index (κ2) is 10.1. The summed E-state index contributed by atoms with van der Waals surface area (Å²) in [7, 11) is 2.20. The molecule has 1 fully saturated rings. The highest BCUT2D eigenvalue weighted by Gasteiger charge is 2.16. The summed E-state index contributed by atoms with van der Waals surface area (Å²) in [5, 5.41) is 5.27. The molecule has 0 spiro atoms.